The van der Waals surface area contributed by atoms with Crippen LogP contribution in [0.15, 0.2) is 18.2 Å². The van der Waals surface area contributed by atoms with Crippen molar-refractivity contribution in [1.29, 1.82) is 0 Å². The van der Waals surface area contributed by atoms with Gasteiger partial charge in [-0.3, -0.25) is 4.79 Å². The summed E-state index contributed by atoms with van der Waals surface area (Å²) in [5.74, 6) is 0.242. The average molecular weight is 263 g/mol. The molecule has 104 valence electrons. The Labute approximate surface area is 113 Å². The summed E-state index contributed by atoms with van der Waals surface area (Å²) in [5.41, 5.74) is 6.50. The second-order valence-electron chi connectivity index (χ2n) is 5.38. The molecule has 0 spiro atoms. The van der Waals surface area contributed by atoms with Crippen molar-refractivity contribution >= 4 is 11.6 Å². The molecule has 1 aliphatic heterocycles. The van der Waals surface area contributed by atoms with Crippen LogP contribution >= 0.6 is 0 Å². The van der Waals surface area contributed by atoms with Gasteiger partial charge in [0.15, 0.2) is 0 Å². The second kappa shape index (κ2) is 5.48. The highest BCUT2D eigenvalue weighted by atomic mass is 16.3. The van der Waals surface area contributed by atoms with Gasteiger partial charge < -0.3 is 21.1 Å². The molecule has 2 unspecified atom stereocenters. The van der Waals surface area contributed by atoms with E-state index < -0.39 is 0 Å². The van der Waals surface area contributed by atoms with Crippen molar-refractivity contribution in [3.63, 3.8) is 0 Å². The standard InChI is InChI=1S/C14H21N3O2/c1-9-8-17(2)6-5-13(9)16-14(19)11-7-10(18)3-4-12(11)15/h3-4,7,9,13,18H,5-6,8,15H2,1-2H3,(H,16,19). The van der Waals surface area contributed by atoms with E-state index in [0.717, 1.165) is 19.5 Å². The van der Waals surface area contributed by atoms with Crippen molar-refractivity contribution in [3.8, 4) is 5.75 Å². The molecule has 0 aromatic heterocycles. The molecule has 0 saturated carbocycles. The third kappa shape index (κ3) is 3.17. The number of phenols is 1. The van der Waals surface area contributed by atoms with Crippen LogP contribution in [0.5, 0.6) is 5.75 Å². The molecule has 1 aromatic rings. The number of rotatable bonds is 2. The lowest BCUT2D eigenvalue weighted by Gasteiger charge is -2.35. The van der Waals surface area contributed by atoms with E-state index in [0.29, 0.717) is 17.2 Å². The molecule has 0 aliphatic carbocycles. The van der Waals surface area contributed by atoms with Crippen LogP contribution in [-0.2, 0) is 0 Å². The van der Waals surface area contributed by atoms with Gasteiger partial charge in [0.05, 0.1) is 5.56 Å². The number of benzene rings is 1. The maximum absolute atomic E-state index is 12.2. The number of carbonyl (C=O) groups excluding carboxylic acids is 1. The molecule has 5 nitrogen and oxygen atoms in total. The number of carbonyl (C=O) groups is 1. The third-order valence-corrected chi connectivity index (χ3v) is 3.71. The van der Waals surface area contributed by atoms with Gasteiger partial charge >= 0.3 is 0 Å². The Morgan fingerprint density at radius 3 is 2.95 bits per heavy atom. The Bertz CT molecular complexity index is 476. The van der Waals surface area contributed by atoms with Gasteiger partial charge in [-0.05, 0) is 44.1 Å². The van der Waals surface area contributed by atoms with E-state index in [-0.39, 0.29) is 17.7 Å². The summed E-state index contributed by atoms with van der Waals surface area (Å²) in [6.45, 7) is 4.08. The van der Waals surface area contributed by atoms with Crippen molar-refractivity contribution in [1.82, 2.24) is 10.2 Å². The molecule has 4 N–H and O–H groups in total. The van der Waals surface area contributed by atoms with Gasteiger partial charge in [0.2, 0.25) is 0 Å². The van der Waals surface area contributed by atoms with Gasteiger partial charge in [0.25, 0.3) is 5.91 Å². The minimum atomic E-state index is -0.213. The van der Waals surface area contributed by atoms with Gasteiger partial charge in [0, 0.05) is 18.3 Å². The first-order valence-electron chi connectivity index (χ1n) is 6.55. The Hall–Kier alpha value is -1.75. The maximum Gasteiger partial charge on any atom is 0.253 e. The van der Waals surface area contributed by atoms with E-state index in [1.54, 1.807) is 6.07 Å². The number of anilines is 1. The van der Waals surface area contributed by atoms with Crippen LogP contribution in [-0.4, -0.2) is 42.1 Å². The van der Waals surface area contributed by atoms with Gasteiger partial charge in [-0.25, -0.2) is 0 Å². The van der Waals surface area contributed by atoms with Gasteiger partial charge in [-0.15, -0.1) is 0 Å². The molecule has 1 saturated heterocycles. The molecule has 19 heavy (non-hydrogen) atoms. The largest absolute Gasteiger partial charge is 0.508 e. The fraction of sp³-hybridized carbons (Fsp3) is 0.500. The number of amides is 1. The molecule has 1 heterocycles. The van der Waals surface area contributed by atoms with Crippen LogP contribution in [0.25, 0.3) is 0 Å². The monoisotopic (exact) mass is 263 g/mol. The Balaban J connectivity index is 2.06. The highest BCUT2D eigenvalue weighted by Gasteiger charge is 2.26. The number of likely N-dealkylation sites (tertiary alicyclic amines) is 1. The van der Waals surface area contributed by atoms with Crippen molar-refractivity contribution in [2.75, 3.05) is 25.9 Å². The average Bonchev–Trinajstić information content (AvgIpc) is 2.35. The number of nitrogens with two attached hydrogens (primary N) is 1. The predicted molar refractivity (Wildman–Crippen MR) is 75.1 cm³/mol. The molecule has 5 heteroatoms. The number of phenolic OH excluding ortho intramolecular Hbond substituents is 1. The van der Waals surface area contributed by atoms with E-state index in [2.05, 4.69) is 24.2 Å². The van der Waals surface area contributed by atoms with Crippen LogP contribution in [0.1, 0.15) is 23.7 Å². The lowest BCUT2D eigenvalue weighted by atomic mass is 9.94. The predicted octanol–water partition coefficient (Wildman–Crippen LogP) is 1.04. The summed E-state index contributed by atoms with van der Waals surface area (Å²) in [6.07, 6.45) is 0.933. The third-order valence-electron chi connectivity index (χ3n) is 3.71. The summed E-state index contributed by atoms with van der Waals surface area (Å²) in [6, 6.07) is 4.59. The lowest BCUT2D eigenvalue weighted by Crippen LogP contribution is -2.48. The quantitative estimate of drug-likeness (QED) is 0.550. The zero-order valence-electron chi connectivity index (χ0n) is 11.4. The first-order chi connectivity index (χ1) is 8.97. The molecular formula is C14H21N3O2. The van der Waals surface area contributed by atoms with Gasteiger partial charge in [-0.2, -0.15) is 0 Å². The summed E-state index contributed by atoms with van der Waals surface area (Å²) in [7, 11) is 2.09. The minimum absolute atomic E-state index is 0.0516. The first kappa shape index (κ1) is 13.7. The fourth-order valence-corrected chi connectivity index (χ4v) is 2.56. The highest BCUT2D eigenvalue weighted by Crippen LogP contribution is 2.20. The van der Waals surface area contributed by atoms with Crippen molar-refractivity contribution < 1.29 is 9.90 Å². The summed E-state index contributed by atoms with van der Waals surface area (Å²) in [5, 5.41) is 12.5. The van der Waals surface area contributed by atoms with Crippen LogP contribution in [0, 0.1) is 5.92 Å². The number of nitrogens with one attached hydrogen (secondary N) is 1. The molecule has 2 rings (SSSR count). The van der Waals surface area contributed by atoms with Crippen LogP contribution in [0.2, 0.25) is 0 Å². The SMILES string of the molecule is CC1CN(C)CCC1NC(=O)c1cc(O)ccc1N. The molecule has 1 aromatic carbocycles. The summed E-state index contributed by atoms with van der Waals surface area (Å²) < 4.78 is 0. The van der Waals surface area contributed by atoms with E-state index in [9.17, 15) is 9.90 Å². The van der Waals surface area contributed by atoms with E-state index in [4.69, 9.17) is 5.73 Å². The summed E-state index contributed by atoms with van der Waals surface area (Å²) >= 11 is 0. The summed E-state index contributed by atoms with van der Waals surface area (Å²) in [4.78, 5) is 14.5. The van der Waals surface area contributed by atoms with Crippen LogP contribution < -0.4 is 11.1 Å². The Kier molecular flexibility index (Phi) is 3.95. The Morgan fingerprint density at radius 1 is 1.53 bits per heavy atom. The molecule has 1 fully saturated rings. The molecule has 2 atom stereocenters. The van der Waals surface area contributed by atoms with Crippen molar-refractivity contribution in [2.45, 2.75) is 19.4 Å². The topological polar surface area (TPSA) is 78.6 Å². The molecular weight excluding hydrogens is 242 g/mol. The fourth-order valence-electron chi connectivity index (χ4n) is 2.56. The number of nitrogen functional groups attached to an aromatic ring is 1. The van der Waals surface area contributed by atoms with E-state index >= 15 is 0 Å². The number of aromatic hydroxyl groups is 1. The Morgan fingerprint density at radius 2 is 2.26 bits per heavy atom. The van der Waals surface area contributed by atoms with Crippen molar-refractivity contribution in [2.24, 2.45) is 5.92 Å². The maximum atomic E-state index is 12.2. The first-order valence-corrected chi connectivity index (χ1v) is 6.55. The minimum Gasteiger partial charge on any atom is -0.508 e. The van der Waals surface area contributed by atoms with Crippen LogP contribution in [0.4, 0.5) is 5.69 Å². The smallest absolute Gasteiger partial charge is 0.253 e. The van der Waals surface area contributed by atoms with Gasteiger partial charge in [-0.1, -0.05) is 6.92 Å². The van der Waals surface area contributed by atoms with Crippen molar-refractivity contribution in [3.05, 3.63) is 23.8 Å². The normalized spacial score (nSPS) is 24.1. The van der Waals surface area contributed by atoms with Gasteiger partial charge in [0.1, 0.15) is 5.75 Å². The number of hydrogen-bond donors (Lipinski definition) is 3. The molecule has 0 bridgehead atoms. The van der Waals surface area contributed by atoms with Crippen LogP contribution in [0.3, 0.4) is 0 Å². The lowest BCUT2D eigenvalue weighted by molar-refractivity contribution is 0.0884. The van der Waals surface area contributed by atoms with E-state index in [1.807, 2.05) is 0 Å². The molecule has 1 aliphatic rings. The van der Waals surface area contributed by atoms with E-state index in [1.165, 1.54) is 12.1 Å². The number of nitrogens with zero attached hydrogens (tertiary/aromatic N) is 1. The number of hydrogen-bond acceptors (Lipinski definition) is 4. The second-order valence-corrected chi connectivity index (χ2v) is 5.38. The zero-order chi connectivity index (χ0) is 14.0. The zero-order valence-corrected chi connectivity index (χ0v) is 11.4. The highest BCUT2D eigenvalue weighted by molar-refractivity contribution is 5.99. The molecule has 0 radical (unpaired) electrons. The molecule has 1 amide bonds. The number of piperidine rings is 1.